The monoisotopic (exact) mass is 358 g/mol. The number of hydrogen-bond donors (Lipinski definition) is 1. The van der Waals surface area contributed by atoms with Crippen LogP contribution < -0.4 is 5.32 Å². The lowest BCUT2D eigenvalue weighted by Gasteiger charge is -2.35. The summed E-state index contributed by atoms with van der Waals surface area (Å²) in [6.45, 7) is 8.29. The Morgan fingerprint density at radius 1 is 1.38 bits per heavy atom. The molecule has 2 aliphatic heterocycles. The van der Waals surface area contributed by atoms with Crippen molar-refractivity contribution in [3.05, 3.63) is 30.1 Å². The number of hydrogen-bond acceptors (Lipinski definition) is 4. The predicted octanol–water partition coefficient (Wildman–Crippen LogP) is 1.67. The van der Waals surface area contributed by atoms with Gasteiger partial charge in [-0.25, -0.2) is 0 Å². The second-order valence-electron chi connectivity index (χ2n) is 7.83. The average Bonchev–Trinajstić information content (AvgIpc) is 3.01. The molecule has 142 valence electrons. The number of nitrogens with zero attached hydrogens (tertiary/aromatic N) is 3. The predicted molar refractivity (Wildman–Crippen MR) is 100 cm³/mol. The molecule has 1 aromatic heterocycles. The van der Waals surface area contributed by atoms with Gasteiger partial charge in [0.05, 0.1) is 18.2 Å². The molecule has 6 nitrogen and oxygen atoms in total. The fourth-order valence-corrected chi connectivity index (χ4v) is 3.94. The van der Waals surface area contributed by atoms with Crippen LogP contribution in [0.15, 0.2) is 24.4 Å². The Kier molecular flexibility index (Phi) is 6.25. The maximum absolute atomic E-state index is 12.5. The van der Waals surface area contributed by atoms with E-state index in [4.69, 9.17) is 0 Å². The van der Waals surface area contributed by atoms with E-state index in [1.165, 1.54) is 12.8 Å². The molecule has 3 heterocycles. The number of nitrogens with one attached hydrogen (secondary N) is 1. The summed E-state index contributed by atoms with van der Waals surface area (Å²) in [5, 5.41) is 3.07. The van der Waals surface area contributed by atoms with Crippen molar-refractivity contribution in [1.82, 2.24) is 20.1 Å². The topological polar surface area (TPSA) is 65.5 Å². The van der Waals surface area contributed by atoms with Crippen LogP contribution in [0, 0.1) is 11.8 Å². The number of carbonyl (C=O) groups is 2. The summed E-state index contributed by atoms with van der Waals surface area (Å²) >= 11 is 0. The molecular formula is C20H30N4O2. The van der Waals surface area contributed by atoms with Gasteiger partial charge >= 0.3 is 0 Å². The van der Waals surface area contributed by atoms with E-state index in [0.717, 1.165) is 24.7 Å². The minimum absolute atomic E-state index is 0.00113. The zero-order chi connectivity index (χ0) is 18.5. The SMILES string of the molecule is C[C@@H]1CCCN([C@@H](C)CNC(=O)[C@@H]2CC(=O)N(Cc3ccccn3)C2)C1. The summed E-state index contributed by atoms with van der Waals surface area (Å²) in [4.78, 5) is 33.2. The summed E-state index contributed by atoms with van der Waals surface area (Å²) in [6, 6.07) is 6.01. The molecule has 1 N–H and O–H groups in total. The van der Waals surface area contributed by atoms with Gasteiger partial charge in [-0.15, -0.1) is 0 Å². The summed E-state index contributed by atoms with van der Waals surface area (Å²) in [5.41, 5.74) is 0.856. The van der Waals surface area contributed by atoms with Gasteiger partial charge < -0.3 is 10.2 Å². The van der Waals surface area contributed by atoms with E-state index >= 15 is 0 Å². The van der Waals surface area contributed by atoms with E-state index in [-0.39, 0.29) is 17.7 Å². The zero-order valence-corrected chi connectivity index (χ0v) is 15.9. The molecule has 2 amide bonds. The Morgan fingerprint density at radius 2 is 2.23 bits per heavy atom. The number of rotatable bonds is 6. The van der Waals surface area contributed by atoms with Crippen molar-refractivity contribution in [3.8, 4) is 0 Å². The molecular weight excluding hydrogens is 328 g/mol. The molecule has 3 atom stereocenters. The molecule has 1 aromatic rings. The first kappa shape index (κ1) is 18.8. The highest BCUT2D eigenvalue weighted by Crippen LogP contribution is 2.20. The van der Waals surface area contributed by atoms with Crippen molar-refractivity contribution in [2.24, 2.45) is 11.8 Å². The first-order chi connectivity index (χ1) is 12.5. The molecule has 0 bridgehead atoms. The lowest BCUT2D eigenvalue weighted by Crippen LogP contribution is -2.47. The van der Waals surface area contributed by atoms with Gasteiger partial charge in [-0.05, 0) is 44.4 Å². The Labute approximate surface area is 156 Å². The Morgan fingerprint density at radius 3 is 2.96 bits per heavy atom. The van der Waals surface area contributed by atoms with Crippen molar-refractivity contribution >= 4 is 11.8 Å². The number of amides is 2. The fourth-order valence-electron chi connectivity index (χ4n) is 3.94. The molecule has 26 heavy (non-hydrogen) atoms. The maximum atomic E-state index is 12.5. The standard InChI is InChI=1S/C20H30N4O2/c1-15-6-5-9-23(12-15)16(2)11-22-20(26)17-10-19(25)24(13-17)14-18-7-3-4-8-21-18/h3-4,7-8,15-17H,5-6,9-14H2,1-2H3,(H,22,26)/t15-,16+,17-/m1/s1. The lowest BCUT2D eigenvalue weighted by atomic mass is 9.99. The number of aromatic nitrogens is 1. The van der Waals surface area contributed by atoms with Gasteiger partial charge in [0, 0.05) is 38.3 Å². The third kappa shape index (κ3) is 4.81. The van der Waals surface area contributed by atoms with Crippen molar-refractivity contribution < 1.29 is 9.59 Å². The van der Waals surface area contributed by atoms with Crippen molar-refractivity contribution in [1.29, 1.82) is 0 Å². The van der Waals surface area contributed by atoms with Crippen LogP contribution in [0.2, 0.25) is 0 Å². The third-order valence-electron chi connectivity index (χ3n) is 5.55. The maximum Gasteiger partial charge on any atom is 0.225 e. The van der Waals surface area contributed by atoms with Gasteiger partial charge in [0.1, 0.15) is 0 Å². The van der Waals surface area contributed by atoms with Crippen LogP contribution in [0.4, 0.5) is 0 Å². The Bertz CT molecular complexity index is 621. The highest BCUT2D eigenvalue weighted by molar-refractivity contribution is 5.89. The quantitative estimate of drug-likeness (QED) is 0.840. The van der Waals surface area contributed by atoms with E-state index in [1.807, 2.05) is 18.2 Å². The highest BCUT2D eigenvalue weighted by atomic mass is 16.2. The van der Waals surface area contributed by atoms with E-state index in [0.29, 0.717) is 32.1 Å². The van der Waals surface area contributed by atoms with E-state index in [9.17, 15) is 9.59 Å². The molecule has 0 unspecified atom stereocenters. The first-order valence-electron chi connectivity index (χ1n) is 9.72. The minimum Gasteiger partial charge on any atom is -0.354 e. The average molecular weight is 358 g/mol. The molecule has 6 heteroatoms. The minimum atomic E-state index is -0.251. The molecule has 3 rings (SSSR count). The van der Waals surface area contributed by atoms with Crippen LogP contribution in [-0.2, 0) is 16.1 Å². The van der Waals surface area contributed by atoms with Gasteiger partial charge in [0.2, 0.25) is 11.8 Å². The van der Waals surface area contributed by atoms with Crippen LogP contribution in [-0.4, -0.2) is 58.8 Å². The number of carbonyl (C=O) groups excluding carboxylic acids is 2. The van der Waals surface area contributed by atoms with Crippen molar-refractivity contribution in [2.75, 3.05) is 26.2 Å². The molecule has 2 fully saturated rings. The summed E-state index contributed by atoms with van der Waals surface area (Å²) in [6.07, 6.45) is 4.56. The molecule has 0 radical (unpaired) electrons. The van der Waals surface area contributed by atoms with Crippen LogP contribution in [0.5, 0.6) is 0 Å². The molecule has 2 saturated heterocycles. The van der Waals surface area contributed by atoms with Crippen molar-refractivity contribution in [3.63, 3.8) is 0 Å². The van der Waals surface area contributed by atoms with Crippen LogP contribution >= 0.6 is 0 Å². The lowest BCUT2D eigenvalue weighted by molar-refractivity contribution is -0.129. The molecule has 0 aliphatic carbocycles. The molecule has 0 spiro atoms. The fraction of sp³-hybridized carbons (Fsp3) is 0.650. The number of piperidine rings is 1. The van der Waals surface area contributed by atoms with Gasteiger partial charge in [-0.1, -0.05) is 13.0 Å². The van der Waals surface area contributed by atoms with Gasteiger partial charge in [0.25, 0.3) is 0 Å². The van der Waals surface area contributed by atoms with Crippen molar-refractivity contribution in [2.45, 2.75) is 45.7 Å². The van der Waals surface area contributed by atoms with E-state index < -0.39 is 0 Å². The number of pyridine rings is 1. The molecule has 0 saturated carbocycles. The third-order valence-corrected chi connectivity index (χ3v) is 5.55. The summed E-state index contributed by atoms with van der Waals surface area (Å²) in [7, 11) is 0. The van der Waals surface area contributed by atoms with E-state index in [1.54, 1.807) is 11.1 Å². The molecule has 2 aliphatic rings. The Balaban J connectivity index is 1.45. The second kappa shape index (κ2) is 8.62. The second-order valence-corrected chi connectivity index (χ2v) is 7.83. The van der Waals surface area contributed by atoms with Gasteiger partial charge in [-0.2, -0.15) is 0 Å². The largest absolute Gasteiger partial charge is 0.354 e. The first-order valence-corrected chi connectivity index (χ1v) is 9.72. The zero-order valence-electron chi connectivity index (χ0n) is 15.9. The number of likely N-dealkylation sites (tertiary alicyclic amines) is 2. The normalized spacial score (nSPS) is 25.3. The van der Waals surface area contributed by atoms with Crippen LogP contribution in [0.3, 0.4) is 0 Å². The van der Waals surface area contributed by atoms with Crippen LogP contribution in [0.25, 0.3) is 0 Å². The van der Waals surface area contributed by atoms with Gasteiger partial charge in [-0.3, -0.25) is 19.5 Å². The summed E-state index contributed by atoms with van der Waals surface area (Å²) in [5.74, 6) is 0.515. The summed E-state index contributed by atoms with van der Waals surface area (Å²) < 4.78 is 0. The highest BCUT2D eigenvalue weighted by Gasteiger charge is 2.34. The Hall–Kier alpha value is -1.95. The van der Waals surface area contributed by atoms with E-state index in [2.05, 4.69) is 29.0 Å². The van der Waals surface area contributed by atoms with Gasteiger partial charge in [0.15, 0.2) is 0 Å². The molecule has 0 aromatic carbocycles. The van der Waals surface area contributed by atoms with Crippen LogP contribution in [0.1, 0.15) is 38.8 Å². The smallest absolute Gasteiger partial charge is 0.225 e.